The van der Waals surface area contributed by atoms with Gasteiger partial charge in [0.05, 0.1) is 18.8 Å². The van der Waals surface area contributed by atoms with Crippen molar-refractivity contribution in [3.8, 4) is 5.75 Å². The minimum Gasteiger partial charge on any atom is -0.497 e. The molecule has 0 aromatic heterocycles. The number of methoxy groups -OCH3 is 1. The molecule has 1 unspecified atom stereocenters. The van der Waals surface area contributed by atoms with E-state index < -0.39 is 23.5 Å². The van der Waals surface area contributed by atoms with Crippen LogP contribution in [0.15, 0.2) is 36.4 Å². The van der Waals surface area contributed by atoms with Gasteiger partial charge in [-0.2, -0.15) is 0 Å². The van der Waals surface area contributed by atoms with Crippen LogP contribution in [0.3, 0.4) is 0 Å². The van der Waals surface area contributed by atoms with Crippen molar-refractivity contribution < 1.29 is 17.9 Å². The molecular weight excluding hydrogens is 281 g/mol. The number of anilines is 1. The molecule has 0 aliphatic heterocycles. The van der Waals surface area contributed by atoms with Crippen LogP contribution in [-0.2, 0) is 0 Å². The maximum absolute atomic E-state index is 13.8. The molecule has 112 valence electrons. The second kappa shape index (κ2) is 6.49. The second-order valence-electron chi connectivity index (χ2n) is 4.45. The van der Waals surface area contributed by atoms with Crippen LogP contribution in [0.2, 0.25) is 0 Å². The maximum atomic E-state index is 13.8. The van der Waals surface area contributed by atoms with Gasteiger partial charge >= 0.3 is 0 Å². The molecular formula is C15H15F3N2O. The summed E-state index contributed by atoms with van der Waals surface area (Å²) in [6, 6.07) is 7.10. The first-order valence-electron chi connectivity index (χ1n) is 6.30. The Kier molecular flexibility index (Phi) is 4.70. The average Bonchev–Trinajstić information content (AvgIpc) is 2.49. The molecule has 2 rings (SSSR count). The molecule has 0 fully saturated rings. The highest BCUT2D eigenvalue weighted by Gasteiger charge is 2.14. The third-order valence-corrected chi connectivity index (χ3v) is 3.08. The third-order valence-electron chi connectivity index (χ3n) is 3.08. The molecule has 0 radical (unpaired) electrons. The van der Waals surface area contributed by atoms with E-state index in [9.17, 15) is 13.2 Å². The summed E-state index contributed by atoms with van der Waals surface area (Å²) in [5, 5.41) is 2.87. The molecule has 3 nitrogen and oxygen atoms in total. The molecule has 0 amide bonds. The summed E-state index contributed by atoms with van der Waals surface area (Å²) >= 11 is 0. The molecule has 3 N–H and O–H groups in total. The summed E-state index contributed by atoms with van der Waals surface area (Å²) in [6.45, 7) is 0.0850. The van der Waals surface area contributed by atoms with E-state index in [1.54, 1.807) is 0 Å². The van der Waals surface area contributed by atoms with E-state index in [-0.39, 0.29) is 12.2 Å². The third kappa shape index (κ3) is 3.46. The van der Waals surface area contributed by atoms with Gasteiger partial charge in [-0.05, 0) is 29.8 Å². The Morgan fingerprint density at radius 1 is 1.05 bits per heavy atom. The first-order valence-corrected chi connectivity index (χ1v) is 6.30. The number of nitrogens with one attached hydrogen (secondary N) is 1. The predicted octanol–water partition coefficient (Wildman–Crippen LogP) is 3.22. The number of nitrogens with two attached hydrogens (primary N) is 1. The Morgan fingerprint density at radius 3 is 2.38 bits per heavy atom. The fraction of sp³-hybridized carbons (Fsp3) is 0.200. The summed E-state index contributed by atoms with van der Waals surface area (Å²) < 4.78 is 45.0. The van der Waals surface area contributed by atoms with Crippen LogP contribution in [-0.4, -0.2) is 13.7 Å². The van der Waals surface area contributed by atoms with Crippen LogP contribution in [0.4, 0.5) is 18.9 Å². The average molecular weight is 296 g/mol. The molecule has 0 heterocycles. The van der Waals surface area contributed by atoms with Crippen molar-refractivity contribution in [1.82, 2.24) is 0 Å². The monoisotopic (exact) mass is 296 g/mol. The maximum Gasteiger partial charge on any atom is 0.159 e. The molecule has 0 aliphatic carbocycles. The standard InChI is InChI=1S/C15H15F3N2O/c1-21-10-3-5-12(17)14(7-10)20-15(8-19)9-2-4-11(16)13(18)6-9/h2-7,15,20H,8,19H2,1H3. The zero-order valence-corrected chi connectivity index (χ0v) is 11.4. The van der Waals surface area contributed by atoms with Gasteiger partial charge in [0.2, 0.25) is 0 Å². The van der Waals surface area contributed by atoms with Crippen LogP contribution in [0.25, 0.3) is 0 Å². The normalized spacial score (nSPS) is 12.0. The van der Waals surface area contributed by atoms with Crippen molar-refractivity contribution in [2.24, 2.45) is 5.73 Å². The van der Waals surface area contributed by atoms with E-state index in [2.05, 4.69) is 5.32 Å². The van der Waals surface area contributed by atoms with E-state index >= 15 is 0 Å². The van der Waals surface area contributed by atoms with E-state index in [4.69, 9.17) is 10.5 Å². The Bertz CT molecular complexity index is 634. The van der Waals surface area contributed by atoms with Gasteiger partial charge in [-0.15, -0.1) is 0 Å². The summed E-state index contributed by atoms with van der Waals surface area (Å²) in [6.07, 6.45) is 0. The smallest absolute Gasteiger partial charge is 0.159 e. The van der Waals surface area contributed by atoms with Gasteiger partial charge in [-0.3, -0.25) is 0 Å². The number of ether oxygens (including phenoxy) is 1. The first-order chi connectivity index (χ1) is 10.0. The Hall–Kier alpha value is -2.21. The minimum atomic E-state index is -0.973. The van der Waals surface area contributed by atoms with Crippen LogP contribution in [0.1, 0.15) is 11.6 Å². The van der Waals surface area contributed by atoms with Crippen molar-refractivity contribution >= 4 is 5.69 Å². The fourth-order valence-corrected chi connectivity index (χ4v) is 1.94. The highest BCUT2D eigenvalue weighted by atomic mass is 19.2. The number of hydrogen-bond acceptors (Lipinski definition) is 3. The van der Waals surface area contributed by atoms with Crippen molar-refractivity contribution in [2.45, 2.75) is 6.04 Å². The molecule has 0 saturated carbocycles. The van der Waals surface area contributed by atoms with Crippen molar-refractivity contribution in [1.29, 1.82) is 0 Å². The zero-order valence-electron chi connectivity index (χ0n) is 11.4. The van der Waals surface area contributed by atoms with Gasteiger partial charge in [-0.1, -0.05) is 6.07 Å². The molecule has 2 aromatic rings. The quantitative estimate of drug-likeness (QED) is 0.890. The van der Waals surface area contributed by atoms with E-state index in [0.717, 1.165) is 12.1 Å². The summed E-state index contributed by atoms with van der Waals surface area (Å²) in [5.74, 6) is -1.93. The van der Waals surface area contributed by atoms with Crippen LogP contribution < -0.4 is 15.8 Å². The lowest BCUT2D eigenvalue weighted by atomic mass is 10.1. The van der Waals surface area contributed by atoms with Crippen molar-refractivity contribution in [2.75, 3.05) is 19.0 Å². The molecule has 1 atom stereocenters. The molecule has 6 heteroatoms. The molecule has 0 saturated heterocycles. The van der Waals surface area contributed by atoms with Gasteiger partial charge in [0.1, 0.15) is 11.6 Å². The van der Waals surface area contributed by atoms with E-state index in [0.29, 0.717) is 11.3 Å². The molecule has 0 aliphatic rings. The number of benzene rings is 2. The number of hydrogen-bond donors (Lipinski definition) is 2. The number of halogens is 3. The SMILES string of the molecule is COc1ccc(F)c(NC(CN)c2ccc(F)c(F)c2)c1. The zero-order chi connectivity index (χ0) is 15.4. The van der Waals surface area contributed by atoms with Crippen LogP contribution in [0, 0.1) is 17.5 Å². The number of rotatable bonds is 5. The highest BCUT2D eigenvalue weighted by molar-refractivity contribution is 5.51. The van der Waals surface area contributed by atoms with Crippen LogP contribution in [0.5, 0.6) is 5.75 Å². The molecule has 0 bridgehead atoms. The minimum absolute atomic E-state index is 0.0850. The fourth-order valence-electron chi connectivity index (χ4n) is 1.94. The topological polar surface area (TPSA) is 47.3 Å². The Morgan fingerprint density at radius 2 is 1.76 bits per heavy atom. The van der Waals surface area contributed by atoms with Crippen LogP contribution >= 0.6 is 0 Å². The molecule has 21 heavy (non-hydrogen) atoms. The summed E-state index contributed by atoms with van der Waals surface area (Å²) in [5.41, 5.74) is 6.23. The van der Waals surface area contributed by atoms with Gasteiger partial charge < -0.3 is 15.8 Å². The highest BCUT2D eigenvalue weighted by Crippen LogP contribution is 2.26. The second-order valence-corrected chi connectivity index (χ2v) is 4.45. The predicted molar refractivity (Wildman–Crippen MR) is 74.7 cm³/mol. The lowest BCUT2D eigenvalue weighted by molar-refractivity contribution is 0.414. The van der Waals surface area contributed by atoms with E-state index in [1.165, 1.54) is 31.4 Å². The van der Waals surface area contributed by atoms with Crippen molar-refractivity contribution in [3.05, 3.63) is 59.4 Å². The first kappa shape index (κ1) is 15.2. The van der Waals surface area contributed by atoms with Gasteiger partial charge in [0.25, 0.3) is 0 Å². The largest absolute Gasteiger partial charge is 0.497 e. The van der Waals surface area contributed by atoms with Crippen molar-refractivity contribution in [3.63, 3.8) is 0 Å². The summed E-state index contributed by atoms with van der Waals surface area (Å²) in [7, 11) is 1.47. The lowest BCUT2D eigenvalue weighted by Crippen LogP contribution is -2.21. The lowest BCUT2D eigenvalue weighted by Gasteiger charge is -2.19. The summed E-state index contributed by atoms with van der Waals surface area (Å²) in [4.78, 5) is 0. The van der Waals surface area contributed by atoms with Gasteiger partial charge in [0, 0.05) is 12.6 Å². The molecule has 0 spiro atoms. The van der Waals surface area contributed by atoms with Gasteiger partial charge in [-0.25, -0.2) is 13.2 Å². The van der Waals surface area contributed by atoms with E-state index in [1.807, 2.05) is 0 Å². The Labute approximate surface area is 120 Å². The van der Waals surface area contributed by atoms with Gasteiger partial charge in [0.15, 0.2) is 11.6 Å². The molecule has 2 aromatic carbocycles. The Balaban J connectivity index is 2.28.